The highest BCUT2D eigenvalue weighted by molar-refractivity contribution is 5.00. The monoisotopic (exact) mass is 170 g/mol. The molecule has 2 heteroatoms. The van der Waals surface area contributed by atoms with Gasteiger partial charge in [0.2, 0.25) is 0 Å². The standard InChI is InChI=1S/C10H18O2/c1-3-11-9-5-7-10(8-6-9)12-4-2/h5,7,9-10H,3-4,6,8H2,1-2H3/t9-,10-/m1/s1. The highest BCUT2D eigenvalue weighted by Gasteiger charge is 2.14. The number of ether oxygens (including phenoxy) is 2. The van der Waals surface area contributed by atoms with Crippen molar-refractivity contribution in [2.45, 2.75) is 38.9 Å². The average Bonchev–Trinajstić information content (AvgIpc) is 2.09. The van der Waals surface area contributed by atoms with E-state index >= 15 is 0 Å². The quantitative estimate of drug-likeness (QED) is 0.602. The lowest BCUT2D eigenvalue weighted by Gasteiger charge is -2.22. The summed E-state index contributed by atoms with van der Waals surface area (Å²) in [6.45, 7) is 5.66. The van der Waals surface area contributed by atoms with E-state index in [0.717, 1.165) is 26.1 Å². The van der Waals surface area contributed by atoms with Crippen LogP contribution in [0.15, 0.2) is 12.2 Å². The minimum atomic E-state index is 0.326. The van der Waals surface area contributed by atoms with Crippen molar-refractivity contribution in [1.29, 1.82) is 0 Å². The lowest BCUT2D eigenvalue weighted by Crippen LogP contribution is -2.21. The summed E-state index contributed by atoms with van der Waals surface area (Å²) >= 11 is 0. The predicted molar refractivity (Wildman–Crippen MR) is 49.2 cm³/mol. The maximum atomic E-state index is 5.47. The van der Waals surface area contributed by atoms with E-state index in [0.29, 0.717) is 12.2 Å². The van der Waals surface area contributed by atoms with E-state index in [1.54, 1.807) is 0 Å². The zero-order chi connectivity index (χ0) is 8.81. The van der Waals surface area contributed by atoms with Crippen molar-refractivity contribution in [2.24, 2.45) is 0 Å². The van der Waals surface area contributed by atoms with Crippen molar-refractivity contribution >= 4 is 0 Å². The first-order chi connectivity index (χ1) is 5.86. The van der Waals surface area contributed by atoms with E-state index in [9.17, 15) is 0 Å². The lowest BCUT2D eigenvalue weighted by atomic mass is 10.0. The molecule has 0 aromatic heterocycles. The summed E-state index contributed by atoms with van der Waals surface area (Å²) in [4.78, 5) is 0. The van der Waals surface area contributed by atoms with Crippen LogP contribution in [0.3, 0.4) is 0 Å². The molecule has 0 fully saturated rings. The molecule has 0 spiro atoms. The number of rotatable bonds is 4. The molecule has 2 atom stereocenters. The van der Waals surface area contributed by atoms with Crippen molar-refractivity contribution in [3.05, 3.63) is 12.2 Å². The van der Waals surface area contributed by atoms with Gasteiger partial charge in [-0.1, -0.05) is 12.2 Å². The SMILES string of the molecule is CCO[C@@H]1C=C[C@@H](OCC)CC1. The first-order valence-electron chi connectivity index (χ1n) is 4.78. The van der Waals surface area contributed by atoms with Gasteiger partial charge in [-0.25, -0.2) is 0 Å². The maximum Gasteiger partial charge on any atom is 0.0757 e. The predicted octanol–water partition coefficient (Wildman–Crippen LogP) is 2.15. The van der Waals surface area contributed by atoms with Crippen LogP contribution in [0.25, 0.3) is 0 Å². The number of hydrogen-bond donors (Lipinski definition) is 0. The third-order valence-corrected chi connectivity index (χ3v) is 2.04. The molecule has 2 nitrogen and oxygen atoms in total. The molecular formula is C10H18O2. The Kier molecular flexibility index (Phi) is 4.33. The van der Waals surface area contributed by atoms with Crippen molar-refractivity contribution < 1.29 is 9.47 Å². The molecule has 70 valence electrons. The zero-order valence-electron chi connectivity index (χ0n) is 7.95. The molecular weight excluding hydrogens is 152 g/mol. The Hall–Kier alpha value is -0.340. The van der Waals surface area contributed by atoms with E-state index in [1.807, 2.05) is 13.8 Å². The minimum absolute atomic E-state index is 0.326. The van der Waals surface area contributed by atoms with Crippen LogP contribution in [0, 0.1) is 0 Å². The molecule has 0 aromatic carbocycles. The zero-order valence-corrected chi connectivity index (χ0v) is 7.95. The van der Waals surface area contributed by atoms with Crippen LogP contribution in [0.4, 0.5) is 0 Å². The normalized spacial score (nSPS) is 29.2. The fraction of sp³-hybridized carbons (Fsp3) is 0.800. The Balaban J connectivity index is 2.26. The first kappa shape index (κ1) is 9.75. The molecule has 0 heterocycles. The number of hydrogen-bond acceptors (Lipinski definition) is 2. The molecule has 0 saturated carbocycles. The Labute approximate surface area is 74.6 Å². The molecule has 0 aromatic rings. The molecule has 0 radical (unpaired) electrons. The average molecular weight is 170 g/mol. The minimum Gasteiger partial charge on any atom is -0.374 e. The highest BCUT2D eigenvalue weighted by atomic mass is 16.5. The molecule has 1 aliphatic carbocycles. The summed E-state index contributed by atoms with van der Waals surface area (Å²) in [6.07, 6.45) is 7.07. The third kappa shape index (κ3) is 2.95. The highest BCUT2D eigenvalue weighted by Crippen LogP contribution is 2.16. The largest absolute Gasteiger partial charge is 0.374 e. The summed E-state index contributed by atoms with van der Waals surface area (Å²) in [6, 6.07) is 0. The second kappa shape index (κ2) is 5.33. The van der Waals surface area contributed by atoms with Crippen LogP contribution in [0.2, 0.25) is 0 Å². The fourth-order valence-corrected chi connectivity index (χ4v) is 1.47. The van der Waals surface area contributed by atoms with Crippen molar-refractivity contribution in [3.8, 4) is 0 Å². The summed E-state index contributed by atoms with van der Waals surface area (Å²) in [5, 5.41) is 0. The molecule has 0 aliphatic heterocycles. The van der Waals surface area contributed by atoms with Crippen LogP contribution >= 0.6 is 0 Å². The Morgan fingerprint density at radius 3 is 1.67 bits per heavy atom. The van der Waals surface area contributed by atoms with Crippen LogP contribution in [0.1, 0.15) is 26.7 Å². The Bertz CT molecular complexity index is 127. The van der Waals surface area contributed by atoms with E-state index in [4.69, 9.17) is 9.47 Å². The van der Waals surface area contributed by atoms with Gasteiger partial charge in [0.1, 0.15) is 0 Å². The van der Waals surface area contributed by atoms with E-state index in [-0.39, 0.29) is 0 Å². The second-order valence-electron chi connectivity index (χ2n) is 2.95. The van der Waals surface area contributed by atoms with E-state index in [2.05, 4.69) is 12.2 Å². The molecule has 0 saturated heterocycles. The second-order valence-corrected chi connectivity index (χ2v) is 2.95. The van der Waals surface area contributed by atoms with Gasteiger partial charge >= 0.3 is 0 Å². The summed E-state index contributed by atoms with van der Waals surface area (Å²) in [7, 11) is 0. The molecule has 0 N–H and O–H groups in total. The van der Waals surface area contributed by atoms with Crippen LogP contribution in [-0.4, -0.2) is 25.4 Å². The Morgan fingerprint density at radius 2 is 1.42 bits per heavy atom. The van der Waals surface area contributed by atoms with Crippen LogP contribution < -0.4 is 0 Å². The van der Waals surface area contributed by atoms with Gasteiger partial charge in [-0.2, -0.15) is 0 Å². The van der Waals surface area contributed by atoms with Gasteiger partial charge < -0.3 is 9.47 Å². The molecule has 1 rings (SSSR count). The molecule has 0 amide bonds. The van der Waals surface area contributed by atoms with Gasteiger partial charge in [0, 0.05) is 13.2 Å². The fourth-order valence-electron chi connectivity index (χ4n) is 1.47. The van der Waals surface area contributed by atoms with Gasteiger partial charge in [0.15, 0.2) is 0 Å². The van der Waals surface area contributed by atoms with E-state index in [1.165, 1.54) is 0 Å². The van der Waals surface area contributed by atoms with Gasteiger partial charge in [0.25, 0.3) is 0 Å². The molecule has 0 unspecified atom stereocenters. The van der Waals surface area contributed by atoms with Crippen LogP contribution in [0.5, 0.6) is 0 Å². The summed E-state index contributed by atoms with van der Waals surface area (Å²) < 4.78 is 10.9. The lowest BCUT2D eigenvalue weighted by molar-refractivity contribution is 0.0430. The van der Waals surface area contributed by atoms with Crippen molar-refractivity contribution in [2.75, 3.05) is 13.2 Å². The first-order valence-corrected chi connectivity index (χ1v) is 4.78. The van der Waals surface area contributed by atoms with Gasteiger partial charge in [-0.05, 0) is 26.7 Å². The van der Waals surface area contributed by atoms with Gasteiger partial charge in [-0.15, -0.1) is 0 Å². The topological polar surface area (TPSA) is 18.5 Å². The van der Waals surface area contributed by atoms with Gasteiger partial charge in [0.05, 0.1) is 12.2 Å². The molecule has 12 heavy (non-hydrogen) atoms. The third-order valence-electron chi connectivity index (χ3n) is 2.04. The van der Waals surface area contributed by atoms with Crippen molar-refractivity contribution in [1.82, 2.24) is 0 Å². The van der Waals surface area contributed by atoms with E-state index < -0.39 is 0 Å². The summed E-state index contributed by atoms with van der Waals surface area (Å²) in [5.74, 6) is 0. The Morgan fingerprint density at radius 1 is 1.00 bits per heavy atom. The van der Waals surface area contributed by atoms with Crippen molar-refractivity contribution in [3.63, 3.8) is 0 Å². The van der Waals surface area contributed by atoms with Crippen LogP contribution in [-0.2, 0) is 9.47 Å². The molecule has 0 bridgehead atoms. The molecule has 1 aliphatic rings. The van der Waals surface area contributed by atoms with Gasteiger partial charge in [-0.3, -0.25) is 0 Å². The maximum absolute atomic E-state index is 5.47. The summed E-state index contributed by atoms with van der Waals surface area (Å²) in [5.41, 5.74) is 0. The smallest absolute Gasteiger partial charge is 0.0757 e.